The first-order chi connectivity index (χ1) is 14.3. The number of esters is 1. The van der Waals surface area contributed by atoms with Gasteiger partial charge in [0.2, 0.25) is 0 Å². The lowest BCUT2D eigenvalue weighted by Gasteiger charge is -2.16. The van der Waals surface area contributed by atoms with Crippen LogP contribution in [0.2, 0.25) is 0 Å². The average molecular weight is 450 g/mol. The lowest BCUT2D eigenvalue weighted by atomic mass is 10.0. The normalized spacial score (nSPS) is 20.0. The summed E-state index contributed by atoms with van der Waals surface area (Å²) in [6.45, 7) is 1.57. The minimum absolute atomic E-state index is 0.168. The van der Waals surface area contributed by atoms with Gasteiger partial charge in [-0.3, -0.25) is 19.5 Å². The number of hydrogen-bond acceptors (Lipinski definition) is 9. The van der Waals surface area contributed by atoms with Gasteiger partial charge in [0.25, 0.3) is 5.91 Å². The molecule has 2 heterocycles. The van der Waals surface area contributed by atoms with Crippen LogP contribution in [0.25, 0.3) is 0 Å². The Labute approximate surface area is 182 Å². The molecule has 3 rings (SSSR count). The molecule has 11 heteroatoms. The maximum absolute atomic E-state index is 12.6. The number of carboxylic acids is 1. The quantitative estimate of drug-likeness (QED) is 0.379. The van der Waals surface area contributed by atoms with Crippen molar-refractivity contribution in [2.24, 2.45) is 5.10 Å². The van der Waals surface area contributed by atoms with Crippen LogP contribution >= 0.6 is 24.0 Å². The predicted octanol–water partition coefficient (Wildman–Crippen LogP) is 1.82. The number of rotatable bonds is 7. The molecule has 1 atom stereocenters. The van der Waals surface area contributed by atoms with E-state index in [1.54, 1.807) is 38.3 Å². The third-order valence-corrected chi connectivity index (χ3v) is 5.73. The first-order valence-corrected chi connectivity index (χ1v) is 10.2. The van der Waals surface area contributed by atoms with Crippen molar-refractivity contribution in [2.45, 2.75) is 19.4 Å². The molecule has 1 amide bonds. The Morgan fingerprint density at radius 1 is 1.37 bits per heavy atom. The van der Waals surface area contributed by atoms with Crippen LogP contribution in [0, 0.1) is 0 Å². The van der Waals surface area contributed by atoms with Gasteiger partial charge in [-0.25, -0.2) is 4.79 Å². The van der Waals surface area contributed by atoms with E-state index in [0.29, 0.717) is 11.5 Å². The molecule has 1 N–H and O–H groups in total. The first kappa shape index (κ1) is 21.8. The lowest BCUT2D eigenvalue weighted by Crippen LogP contribution is -2.35. The van der Waals surface area contributed by atoms with Gasteiger partial charge >= 0.3 is 11.9 Å². The minimum atomic E-state index is -1.07. The van der Waals surface area contributed by atoms with Crippen molar-refractivity contribution in [3.8, 4) is 5.75 Å². The highest BCUT2D eigenvalue weighted by atomic mass is 32.2. The Morgan fingerprint density at radius 3 is 2.67 bits per heavy atom. The van der Waals surface area contributed by atoms with Crippen molar-refractivity contribution in [1.29, 1.82) is 0 Å². The van der Waals surface area contributed by atoms with Gasteiger partial charge in [-0.15, -0.1) is 0 Å². The minimum Gasteiger partial charge on any atom is -0.497 e. The molecule has 0 radical (unpaired) electrons. The zero-order valence-corrected chi connectivity index (χ0v) is 17.9. The molecule has 30 heavy (non-hydrogen) atoms. The van der Waals surface area contributed by atoms with Crippen molar-refractivity contribution in [3.63, 3.8) is 0 Å². The topological polar surface area (TPSA) is 109 Å². The molecule has 1 fully saturated rings. The van der Waals surface area contributed by atoms with E-state index in [4.69, 9.17) is 21.7 Å². The average Bonchev–Trinajstić information content (AvgIpc) is 3.25. The van der Waals surface area contributed by atoms with Crippen LogP contribution in [0.1, 0.15) is 18.9 Å². The number of hydrogen-bond donors (Lipinski definition) is 1. The molecule has 0 bridgehead atoms. The Bertz CT molecular complexity index is 944. The second-order valence-corrected chi connectivity index (χ2v) is 7.95. The van der Waals surface area contributed by atoms with E-state index in [1.165, 1.54) is 11.2 Å². The summed E-state index contributed by atoms with van der Waals surface area (Å²) in [4.78, 5) is 37.4. The van der Waals surface area contributed by atoms with Gasteiger partial charge in [-0.05, 0) is 36.8 Å². The summed E-state index contributed by atoms with van der Waals surface area (Å²) in [5.74, 6) is -1.45. The van der Waals surface area contributed by atoms with Crippen LogP contribution in [0.15, 0.2) is 40.5 Å². The van der Waals surface area contributed by atoms with Crippen molar-refractivity contribution < 1.29 is 29.0 Å². The van der Waals surface area contributed by atoms with Gasteiger partial charge in [0.1, 0.15) is 16.6 Å². The van der Waals surface area contributed by atoms with Crippen molar-refractivity contribution in [1.82, 2.24) is 9.91 Å². The van der Waals surface area contributed by atoms with Crippen molar-refractivity contribution in [2.75, 3.05) is 20.3 Å². The standard InChI is InChI=1S/C19H19N3O6S2/c1-3-28-16(23)10-21-17(24)15(30-19(21)29)9-22-14(18(25)26)8-13(20-22)11-4-6-12(27-2)7-5-11/h4-7,9,14H,3,8,10H2,1-2H3,(H,25,26)/b15-9-/t14-/m0/s1. The number of hydrazone groups is 1. The zero-order chi connectivity index (χ0) is 21.8. The van der Waals surface area contributed by atoms with Crippen LogP contribution in [-0.2, 0) is 19.1 Å². The van der Waals surface area contributed by atoms with Gasteiger partial charge in [-0.1, -0.05) is 24.0 Å². The number of carboxylic acid groups (broad SMARTS) is 1. The Morgan fingerprint density at radius 2 is 2.07 bits per heavy atom. The van der Waals surface area contributed by atoms with E-state index in [0.717, 1.165) is 22.2 Å². The molecular formula is C19H19N3O6S2. The molecule has 2 aliphatic rings. The second kappa shape index (κ2) is 9.26. The Kier molecular flexibility index (Phi) is 6.73. The summed E-state index contributed by atoms with van der Waals surface area (Å²) in [5.41, 5.74) is 1.33. The molecule has 0 saturated carbocycles. The van der Waals surface area contributed by atoms with Crippen LogP contribution in [0.5, 0.6) is 5.75 Å². The maximum Gasteiger partial charge on any atom is 0.328 e. The molecular weight excluding hydrogens is 430 g/mol. The highest BCUT2D eigenvalue weighted by molar-refractivity contribution is 8.26. The number of carbonyl (C=O) groups excluding carboxylic acids is 2. The number of aliphatic carboxylic acids is 1. The smallest absolute Gasteiger partial charge is 0.328 e. The fourth-order valence-electron chi connectivity index (χ4n) is 2.89. The Balaban J connectivity index is 1.83. The second-order valence-electron chi connectivity index (χ2n) is 6.27. The maximum atomic E-state index is 12.6. The van der Waals surface area contributed by atoms with Gasteiger partial charge in [0, 0.05) is 12.6 Å². The summed E-state index contributed by atoms with van der Waals surface area (Å²) in [7, 11) is 1.56. The van der Waals surface area contributed by atoms with E-state index < -0.39 is 23.9 Å². The summed E-state index contributed by atoms with van der Waals surface area (Å²) >= 11 is 6.16. The summed E-state index contributed by atoms with van der Waals surface area (Å²) in [5, 5.41) is 15.2. The summed E-state index contributed by atoms with van der Waals surface area (Å²) < 4.78 is 10.2. The lowest BCUT2D eigenvalue weighted by molar-refractivity contribution is -0.145. The SMILES string of the molecule is CCOC(=O)CN1C(=O)/C(=C/N2N=C(c3ccc(OC)cc3)C[C@H]2C(=O)O)SC1=S. The van der Waals surface area contributed by atoms with Crippen LogP contribution in [0.3, 0.4) is 0 Å². The van der Waals surface area contributed by atoms with Crippen molar-refractivity contribution >= 4 is 51.9 Å². The van der Waals surface area contributed by atoms with Crippen LogP contribution < -0.4 is 4.74 Å². The highest BCUT2D eigenvalue weighted by Gasteiger charge is 2.37. The van der Waals surface area contributed by atoms with Gasteiger partial charge in [0.15, 0.2) is 6.04 Å². The predicted molar refractivity (Wildman–Crippen MR) is 114 cm³/mol. The molecule has 0 aliphatic carbocycles. The van der Waals surface area contributed by atoms with Gasteiger partial charge in [0.05, 0.1) is 24.3 Å². The van der Waals surface area contributed by atoms with E-state index in [9.17, 15) is 19.5 Å². The number of carbonyl (C=O) groups is 3. The molecule has 158 valence electrons. The Hall–Kier alpha value is -2.92. The molecule has 1 aromatic rings. The third kappa shape index (κ3) is 4.62. The number of thiocarbonyl (C=S) groups is 1. The number of methoxy groups -OCH3 is 1. The molecule has 0 unspecified atom stereocenters. The fourth-order valence-corrected chi connectivity index (χ4v) is 4.11. The molecule has 1 saturated heterocycles. The molecule has 0 aromatic heterocycles. The zero-order valence-electron chi connectivity index (χ0n) is 16.2. The summed E-state index contributed by atoms with van der Waals surface area (Å²) in [6, 6.07) is 6.14. The number of amides is 1. The monoisotopic (exact) mass is 449 g/mol. The fraction of sp³-hybridized carbons (Fsp3) is 0.316. The van der Waals surface area contributed by atoms with Crippen molar-refractivity contribution in [3.05, 3.63) is 40.9 Å². The molecule has 0 spiro atoms. The van der Waals surface area contributed by atoms with Gasteiger partial charge in [-0.2, -0.15) is 5.10 Å². The number of benzene rings is 1. The number of nitrogens with zero attached hydrogens (tertiary/aromatic N) is 3. The third-order valence-electron chi connectivity index (χ3n) is 4.37. The van der Waals surface area contributed by atoms with Crippen LogP contribution in [-0.4, -0.2) is 69.2 Å². The highest BCUT2D eigenvalue weighted by Crippen LogP contribution is 2.33. The summed E-state index contributed by atoms with van der Waals surface area (Å²) in [6.07, 6.45) is 1.53. The largest absolute Gasteiger partial charge is 0.497 e. The van der Waals surface area contributed by atoms with E-state index in [2.05, 4.69) is 5.10 Å². The first-order valence-electron chi connectivity index (χ1n) is 8.98. The number of thioether (sulfide) groups is 1. The van der Waals surface area contributed by atoms with E-state index in [1.807, 2.05) is 0 Å². The van der Waals surface area contributed by atoms with Gasteiger partial charge < -0.3 is 14.6 Å². The molecule has 9 nitrogen and oxygen atoms in total. The number of ether oxygens (including phenoxy) is 2. The molecule has 1 aromatic carbocycles. The molecule has 2 aliphatic heterocycles. The van der Waals surface area contributed by atoms with E-state index >= 15 is 0 Å². The van der Waals surface area contributed by atoms with E-state index in [-0.39, 0.29) is 28.8 Å². The van der Waals surface area contributed by atoms with Crippen LogP contribution in [0.4, 0.5) is 0 Å².